The molecule has 0 aliphatic carbocycles. The second-order valence-corrected chi connectivity index (χ2v) is 11.3. The van der Waals surface area contributed by atoms with E-state index in [1.165, 1.54) is 0 Å². The second-order valence-electron chi connectivity index (χ2n) is 11.3. The Kier molecular flexibility index (Phi) is 12.6. The van der Waals surface area contributed by atoms with Gasteiger partial charge in [-0.05, 0) is 46.4 Å². The van der Waals surface area contributed by atoms with Gasteiger partial charge in [0.1, 0.15) is 25.4 Å². The maximum atomic E-state index is 13.9. The van der Waals surface area contributed by atoms with E-state index in [9.17, 15) is 15.0 Å². The van der Waals surface area contributed by atoms with Gasteiger partial charge < -0.3 is 24.4 Å². The molecule has 242 valence electrons. The molecule has 1 atom stereocenters. The van der Waals surface area contributed by atoms with Crippen molar-refractivity contribution in [3.8, 4) is 11.5 Å². The van der Waals surface area contributed by atoms with Crippen LogP contribution in [-0.4, -0.2) is 46.4 Å². The lowest BCUT2D eigenvalue weighted by Gasteiger charge is -2.31. The Morgan fingerprint density at radius 1 is 0.553 bits per heavy atom. The molecule has 0 aliphatic heterocycles. The number of rotatable bonds is 17. The Balaban J connectivity index is 1.46. The van der Waals surface area contributed by atoms with E-state index < -0.39 is 31.3 Å². The molecule has 0 heterocycles. The highest BCUT2D eigenvalue weighted by Gasteiger charge is 2.30. The molecule has 0 saturated carbocycles. The van der Waals surface area contributed by atoms with Crippen LogP contribution in [-0.2, 0) is 42.3 Å². The molecule has 5 aromatic carbocycles. The number of aliphatic hydroxyl groups excluding tert-OH is 2. The SMILES string of the molecule is O=C(OC(CO)CO)[C@H](Cc1ccc(OCc2ccccc2)c(OCc2ccccc2)c1)N(Cc1ccccc1)Cc1ccccc1. The number of ether oxygens (including phenoxy) is 3. The van der Waals surface area contributed by atoms with Gasteiger partial charge in [-0.1, -0.05) is 127 Å². The average molecular weight is 632 g/mol. The molecule has 0 aromatic heterocycles. The molecule has 0 bridgehead atoms. The Morgan fingerprint density at radius 2 is 1.00 bits per heavy atom. The lowest BCUT2D eigenvalue weighted by atomic mass is 10.0. The summed E-state index contributed by atoms with van der Waals surface area (Å²) in [7, 11) is 0. The fourth-order valence-corrected chi connectivity index (χ4v) is 5.25. The molecule has 7 heteroatoms. The first-order chi connectivity index (χ1) is 23.1. The molecule has 47 heavy (non-hydrogen) atoms. The quantitative estimate of drug-likeness (QED) is 0.116. The summed E-state index contributed by atoms with van der Waals surface area (Å²) >= 11 is 0. The number of esters is 1. The number of aliphatic hydroxyl groups is 2. The Morgan fingerprint density at radius 3 is 1.47 bits per heavy atom. The normalized spacial score (nSPS) is 11.7. The van der Waals surface area contributed by atoms with Gasteiger partial charge in [-0.2, -0.15) is 0 Å². The standard InChI is InChI=1S/C40H41NO6/c42-27-36(28-43)47-40(44)37(41(25-31-13-5-1-6-14-31)26-32-15-7-2-8-16-32)23-35-21-22-38(45-29-33-17-9-3-10-18-33)39(24-35)46-30-34-19-11-4-12-20-34/h1-22,24,36-37,42-43H,23,25-30H2/t37-/m0/s1. The molecular formula is C40H41NO6. The first kappa shape index (κ1) is 33.4. The van der Waals surface area contributed by atoms with Gasteiger partial charge in [-0.25, -0.2) is 0 Å². The predicted molar refractivity (Wildman–Crippen MR) is 182 cm³/mol. The van der Waals surface area contributed by atoms with Crippen molar-refractivity contribution in [2.75, 3.05) is 13.2 Å². The van der Waals surface area contributed by atoms with E-state index in [1.807, 2.05) is 140 Å². The summed E-state index contributed by atoms with van der Waals surface area (Å²) in [6.07, 6.45) is -0.721. The van der Waals surface area contributed by atoms with Crippen LogP contribution in [0.3, 0.4) is 0 Å². The minimum atomic E-state index is -1.01. The summed E-state index contributed by atoms with van der Waals surface area (Å²) in [5, 5.41) is 19.5. The summed E-state index contributed by atoms with van der Waals surface area (Å²) in [4.78, 5) is 16.0. The monoisotopic (exact) mass is 631 g/mol. The summed E-state index contributed by atoms with van der Waals surface area (Å²) in [5.41, 5.74) is 4.98. The van der Waals surface area contributed by atoms with Gasteiger partial charge in [-0.3, -0.25) is 9.69 Å². The van der Waals surface area contributed by atoms with Crippen LogP contribution in [0.15, 0.2) is 140 Å². The predicted octanol–water partition coefficient (Wildman–Crippen LogP) is 6.35. The maximum absolute atomic E-state index is 13.9. The summed E-state index contributed by atoms with van der Waals surface area (Å²) in [5.74, 6) is 0.635. The molecule has 7 nitrogen and oxygen atoms in total. The van der Waals surface area contributed by atoms with Crippen molar-refractivity contribution in [1.29, 1.82) is 0 Å². The van der Waals surface area contributed by atoms with E-state index in [2.05, 4.69) is 4.90 Å². The lowest BCUT2D eigenvalue weighted by Crippen LogP contribution is -2.45. The fraction of sp³-hybridized carbons (Fsp3) is 0.225. The van der Waals surface area contributed by atoms with Gasteiger partial charge in [0.25, 0.3) is 0 Å². The topological polar surface area (TPSA) is 88.5 Å². The van der Waals surface area contributed by atoms with Crippen molar-refractivity contribution in [1.82, 2.24) is 4.90 Å². The number of hydrogen-bond donors (Lipinski definition) is 2. The zero-order valence-corrected chi connectivity index (χ0v) is 26.4. The highest BCUT2D eigenvalue weighted by Crippen LogP contribution is 2.31. The van der Waals surface area contributed by atoms with Crippen LogP contribution >= 0.6 is 0 Å². The third-order valence-corrected chi connectivity index (χ3v) is 7.77. The zero-order chi connectivity index (χ0) is 32.7. The second kappa shape index (κ2) is 17.7. The van der Waals surface area contributed by atoms with Crippen molar-refractivity contribution in [3.63, 3.8) is 0 Å². The third kappa shape index (κ3) is 10.3. The molecule has 0 radical (unpaired) electrons. The van der Waals surface area contributed by atoms with Crippen molar-refractivity contribution < 1.29 is 29.2 Å². The average Bonchev–Trinajstić information content (AvgIpc) is 3.13. The number of nitrogens with zero attached hydrogens (tertiary/aromatic N) is 1. The van der Waals surface area contributed by atoms with E-state index in [-0.39, 0.29) is 0 Å². The zero-order valence-electron chi connectivity index (χ0n) is 26.4. The number of carbonyl (C=O) groups excluding carboxylic acids is 1. The van der Waals surface area contributed by atoms with Gasteiger partial charge in [0.2, 0.25) is 0 Å². The van der Waals surface area contributed by atoms with E-state index >= 15 is 0 Å². The highest BCUT2D eigenvalue weighted by atomic mass is 16.6. The van der Waals surface area contributed by atoms with Crippen LogP contribution in [0.1, 0.15) is 27.8 Å². The molecule has 5 rings (SSSR count). The van der Waals surface area contributed by atoms with Gasteiger partial charge in [-0.15, -0.1) is 0 Å². The van der Waals surface area contributed by atoms with E-state index in [1.54, 1.807) is 0 Å². The largest absolute Gasteiger partial charge is 0.485 e. The minimum absolute atomic E-state index is 0.294. The van der Waals surface area contributed by atoms with Crippen LogP contribution < -0.4 is 9.47 Å². The van der Waals surface area contributed by atoms with Gasteiger partial charge in [0.15, 0.2) is 11.5 Å². The maximum Gasteiger partial charge on any atom is 0.324 e. The van der Waals surface area contributed by atoms with E-state index in [0.29, 0.717) is 44.2 Å². The summed E-state index contributed by atoms with van der Waals surface area (Å²) < 4.78 is 18.2. The van der Waals surface area contributed by atoms with Crippen molar-refractivity contribution in [2.45, 2.75) is 44.9 Å². The van der Waals surface area contributed by atoms with Gasteiger partial charge in [0.05, 0.1) is 13.2 Å². The Bertz CT molecular complexity index is 1590. The number of hydrogen-bond acceptors (Lipinski definition) is 7. The van der Waals surface area contributed by atoms with Crippen LogP contribution in [0, 0.1) is 0 Å². The Hall–Kier alpha value is -4.95. The van der Waals surface area contributed by atoms with E-state index in [0.717, 1.165) is 27.8 Å². The molecule has 0 aliphatic rings. The number of benzene rings is 5. The number of carbonyl (C=O) groups is 1. The fourth-order valence-electron chi connectivity index (χ4n) is 5.25. The van der Waals surface area contributed by atoms with Crippen molar-refractivity contribution in [2.24, 2.45) is 0 Å². The summed E-state index contributed by atoms with van der Waals surface area (Å²) in [6.45, 7) is 0.735. The molecule has 0 unspecified atom stereocenters. The molecular weight excluding hydrogens is 590 g/mol. The van der Waals surface area contributed by atoms with Crippen molar-refractivity contribution >= 4 is 5.97 Å². The summed E-state index contributed by atoms with van der Waals surface area (Å²) in [6, 6.07) is 44.8. The van der Waals surface area contributed by atoms with Crippen LogP contribution in [0.5, 0.6) is 11.5 Å². The van der Waals surface area contributed by atoms with Crippen LogP contribution in [0.4, 0.5) is 0 Å². The van der Waals surface area contributed by atoms with Gasteiger partial charge >= 0.3 is 5.97 Å². The van der Waals surface area contributed by atoms with E-state index in [4.69, 9.17) is 14.2 Å². The lowest BCUT2D eigenvalue weighted by molar-refractivity contribution is -0.160. The molecule has 0 fully saturated rings. The van der Waals surface area contributed by atoms with Gasteiger partial charge in [0, 0.05) is 13.1 Å². The van der Waals surface area contributed by atoms with Crippen LogP contribution in [0.2, 0.25) is 0 Å². The molecule has 0 amide bonds. The van der Waals surface area contributed by atoms with Crippen molar-refractivity contribution in [3.05, 3.63) is 167 Å². The molecule has 5 aromatic rings. The highest BCUT2D eigenvalue weighted by molar-refractivity contribution is 5.76. The molecule has 0 spiro atoms. The first-order valence-electron chi connectivity index (χ1n) is 15.8. The Labute approximate surface area is 276 Å². The third-order valence-electron chi connectivity index (χ3n) is 7.77. The molecule has 2 N–H and O–H groups in total. The minimum Gasteiger partial charge on any atom is -0.485 e. The first-order valence-corrected chi connectivity index (χ1v) is 15.8. The smallest absolute Gasteiger partial charge is 0.324 e. The van der Waals surface area contributed by atoms with Crippen LogP contribution in [0.25, 0.3) is 0 Å². The molecule has 0 saturated heterocycles.